The van der Waals surface area contributed by atoms with Crippen molar-refractivity contribution >= 4 is 5.78 Å². The number of hydrogen-bond donors (Lipinski definition) is 0. The number of rotatable bonds is 4. The molecule has 0 amide bonds. The van der Waals surface area contributed by atoms with Gasteiger partial charge in [0.05, 0.1) is 6.54 Å². The lowest BCUT2D eigenvalue weighted by Crippen LogP contribution is -2.49. The molecular weight excluding hydrogens is 271 g/mol. The molecule has 1 aliphatic heterocycles. The Balaban J connectivity index is 1.54. The first-order valence-electron chi connectivity index (χ1n) is 6.66. The molecule has 1 fully saturated rings. The Morgan fingerprint density at radius 3 is 2.62 bits per heavy atom. The van der Waals surface area contributed by atoms with Gasteiger partial charge >= 0.3 is 0 Å². The summed E-state index contributed by atoms with van der Waals surface area (Å²) in [4.78, 5) is 14.2. The van der Waals surface area contributed by atoms with Crippen molar-refractivity contribution in [2.24, 2.45) is 5.92 Å². The van der Waals surface area contributed by atoms with Gasteiger partial charge in [-0.3, -0.25) is 9.69 Å². The smallest absolute Gasteiger partial charge is 0.203 e. The van der Waals surface area contributed by atoms with Crippen LogP contribution in [0.3, 0.4) is 0 Å². The van der Waals surface area contributed by atoms with E-state index in [1.54, 1.807) is 12.1 Å². The Bertz CT molecular complexity index is 694. The quantitative estimate of drug-likeness (QED) is 0.810. The van der Waals surface area contributed by atoms with Gasteiger partial charge < -0.3 is 4.42 Å². The van der Waals surface area contributed by atoms with Crippen LogP contribution in [0.25, 0.3) is 0 Å². The van der Waals surface area contributed by atoms with Crippen molar-refractivity contribution in [2.45, 2.75) is 6.54 Å². The molecule has 1 aromatic carbocycles. The van der Waals surface area contributed by atoms with E-state index in [1.807, 2.05) is 6.07 Å². The third-order valence-electron chi connectivity index (χ3n) is 3.61. The molecule has 3 rings (SSSR count). The highest BCUT2D eigenvalue weighted by Gasteiger charge is 2.33. The maximum absolute atomic E-state index is 12.8. The number of carbonyl (C=O) groups is 1. The summed E-state index contributed by atoms with van der Waals surface area (Å²) in [5.74, 6) is 0.667. The second-order valence-electron chi connectivity index (χ2n) is 5.14. The minimum atomic E-state index is -0.340. The summed E-state index contributed by atoms with van der Waals surface area (Å²) < 4.78 is 18.1. The van der Waals surface area contributed by atoms with Gasteiger partial charge in [-0.2, -0.15) is 5.26 Å². The van der Waals surface area contributed by atoms with E-state index in [0.717, 1.165) is 5.76 Å². The number of hydrogen-bond acceptors (Lipinski definition) is 4. The van der Waals surface area contributed by atoms with Gasteiger partial charge in [0, 0.05) is 24.6 Å². The first kappa shape index (κ1) is 13.5. The molecule has 0 spiro atoms. The zero-order valence-corrected chi connectivity index (χ0v) is 11.3. The van der Waals surface area contributed by atoms with E-state index in [4.69, 9.17) is 9.68 Å². The molecule has 0 aliphatic carbocycles. The van der Waals surface area contributed by atoms with E-state index in [-0.39, 0.29) is 17.5 Å². The molecule has 1 aliphatic rings. The fourth-order valence-electron chi connectivity index (χ4n) is 2.46. The van der Waals surface area contributed by atoms with E-state index in [0.29, 0.717) is 31.0 Å². The Labute approximate surface area is 121 Å². The molecule has 0 N–H and O–H groups in total. The molecule has 1 aromatic heterocycles. The van der Waals surface area contributed by atoms with Crippen molar-refractivity contribution in [3.63, 3.8) is 0 Å². The SMILES string of the molecule is N#Cc1ccc(CN2CC(C(=O)c3ccc(F)cc3)C2)o1. The summed E-state index contributed by atoms with van der Waals surface area (Å²) in [6.45, 7) is 1.90. The fraction of sp³-hybridized carbons (Fsp3) is 0.250. The molecule has 21 heavy (non-hydrogen) atoms. The number of ketones is 1. The van der Waals surface area contributed by atoms with Crippen LogP contribution in [0.2, 0.25) is 0 Å². The minimum Gasteiger partial charge on any atom is -0.449 e. The molecule has 0 saturated carbocycles. The molecule has 0 bridgehead atoms. The lowest BCUT2D eigenvalue weighted by molar-refractivity contribution is 0.0569. The van der Waals surface area contributed by atoms with E-state index in [2.05, 4.69) is 4.90 Å². The Morgan fingerprint density at radius 2 is 2.00 bits per heavy atom. The van der Waals surface area contributed by atoms with E-state index in [9.17, 15) is 9.18 Å². The van der Waals surface area contributed by atoms with Crippen LogP contribution >= 0.6 is 0 Å². The lowest BCUT2D eigenvalue weighted by atomic mass is 9.90. The van der Waals surface area contributed by atoms with Gasteiger partial charge in [0.25, 0.3) is 0 Å². The third kappa shape index (κ3) is 2.86. The maximum atomic E-state index is 12.8. The molecule has 0 unspecified atom stereocenters. The van der Waals surface area contributed by atoms with Crippen molar-refractivity contribution in [1.82, 2.24) is 4.90 Å². The zero-order chi connectivity index (χ0) is 14.8. The van der Waals surface area contributed by atoms with E-state index in [1.165, 1.54) is 24.3 Å². The summed E-state index contributed by atoms with van der Waals surface area (Å²) in [7, 11) is 0. The highest BCUT2D eigenvalue weighted by Crippen LogP contribution is 2.23. The predicted octanol–water partition coefficient (Wildman–Crippen LogP) is 2.61. The Kier molecular flexibility index (Phi) is 3.55. The molecule has 0 atom stereocenters. The molecular formula is C16H13FN2O2. The van der Waals surface area contributed by atoms with Gasteiger partial charge in [-0.25, -0.2) is 4.39 Å². The number of furan rings is 1. The van der Waals surface area contributed by atoms with Crippen molar-refractivity contribution in [2.75, 3.05) is 13.1 Å². The van der Waals surface area contributed by atoms with Gasteiger partial charge in [0.1, 0.15) is 17.6 Å². The minimum absolute atomic E-state index is 0.0448. The monoisotopic (exact) mass is 284 g/mol. The highest BCUT2D eigenvalue weighted by atomic mass is 19.1. The second kappa shape index (κ2) is 5.51. The molecule has 1 saturated heterocycles. The van der Waals surface area contributed by atoms with Crippen molar-refractivity contribution in [1.29, 1.82) is 5.26 Å². The van der Waals surface area contributed by atoms with Crippen LogP contribution in [0.4, 0.5) is 4.39 Å². The molecule has 106 valence electrons. The number of benzene rings is 1. The van der Waals surface area contributed by atoms with Crippen LogP contribution in [0, 0.1) is 23.1 Å². The summed E-state index contributed by atoms with van der Waals surface area (Å²) >= 11 is 0. The van der Waals surface area contributed by atoms with Crippen LogP contribution in [0.5, 0.6) is 0 Å². The van der Waals surface area contributed by atoms with Crippen LogP contribution in [-0.4, -0.2) is 23.8 Å². The number of Topliss-reactive ketones (excluding diaryl/α,β-unsaturated/α-hetero) is 1. The Morgan fingerprint density at radius 1 is 1.29 bits per heavy atom. The van der Waals surface area contributed by atoms with Crippen LogP contribution < -0.4 is 0 Å². The lowest BCUT2D eigenvalue weighted by Gasteiger charge is -2.37. The van der Waals surface area contributed by atoms with E-state index < -0.39 is 0 Å². The number of halogens is 1. The van der Waals surface area contributed by atoms with Crippen LogP contribution in [0.15, 0.2) is 40.8 Å². The standard InChI is InChI=1S/C16H13FN2O2/c17-13-3-1-11(2-4-13)16(20)12-8-19(9-12)10-15-6-5-14(7-18)21-15/h1-6,12H,8-10H2. The zero-order valence-electron chi connectivity index (χ0n) is 11.3. The second-order valence-corrected chi connectivity index (χ2v) is 5.14. The first-order valence-corrected chi connectivity index (χ1v) is 6.66. The first-order chi connectivity index (χ1) is 10.2. The van der Waals surface area contributed by atoms with Crippen molar-refractivity contribution < 1.29 is 13.6 Å². The fourth-order valence-corrected chi connectivity index (χ4v) is 2.46. The predicted molar refractivity (Wildman–Crippen MR) is 72.9 cm³/mol. The average molecular weight is 284 g/mol. The number of nitriles is 1. The molecule has 4 nitrogen and oxygen atoms in total. The van der Waals surface area contributed by atoms with Gasteiger partial charge in [0.2, 0.25) is 5.76 Å². The van der Waals surface area contributed by atoms with E-state index >= 15 is 0 Å². The molecule has 2 heterocycles. The third-order valence-corrected chi connectivity index (χ3v) is 3.61. The molecule has 0 radical (unpaired) electrons. The topological polar surface area (TPSA) is 57.2 Å². The van der Waals surface area contributed by atoms with Crippen LogP contribution in [-0.2, 0) is 6.54 Å². The maximum Gasteiger partial charge on any atom is 0.203 e. The van der Waals surface area contributed by atoms with Gasteiger partial charge in [-0.05, 0) is 36.4 Å². The average Bonchev–Trinajstić information content (AvgIpc) is 2.90. The van der Waals surface area contributed by atoms with Crippen molar-refractivity contribution in [3.05, 3.63) is 59.3 Å². The largest absolute Gasteiger partial charge is 0.449 e. The van der Waals surface area contributed by atoms with Gasteiger partial charge in [-0.15, -0.1) is 0 Å². The normalized spacial score (nSPS) is 15.4. The summed E-state index contributed by atoms with van der Waals surface area (Å²) in [6.07, 6.45) is 0. The highest BCUT2D eigenvalue weighted by molar-refractivity contribution is 5.98. The van der Waals surface area contributed by atoms with Gasteiger partial charge in [0.15, 0.2) is 5.78 Å². The summed E-state index contributed by atoms with van der Waals surface area (Å²) in [6, 6.07) is 11.0. The Hall–Kier alpha value is -2.45. The molecule has 5 heteroatoms. The van der Waals surface area contributed by atoms with Gasteiger partial charge in [-0.1, -0.05) is 0 Å². The number of carbonyl (C=O) groups excluding carboxylic acids is 1. The van der Waals surface area contributed by atoms with Crippen molar-refractivity contribution in [3.8, 4) is 6.07 Å². The summed E-state index contributed by atoms with van der Waals surface area (Å²) in [5.41, 5.74) is 0.547. The number of likely N-dealkylation sites (tertiary alicyclic amines) is 1. The molecule has 2 aromatic rings. The van der Waals surface area contributed by atoms with Crippen LogP contribution in [0.1, 0.15) is 21.9 Å². The summed E-state index contributed by atoms with van der Waals surface area (Å²) in [5, 5.41) is 8.69. The number of nitrogens with zero attached hydrogens (tertiary/aromatic N) is 2.